The average Bonchev–Trinajstić information content (AvgIpc) is 2.88. The van der Waals surface area contributed by atoms with Gasteiger partial charge in [-0.15, -0.1) is 0 Å². The quantitative estimate of drug-likeness (QED) is 0.878. The van der Waals surface area contributed by atoms with E-state index in [1.165, 1.54) is 0 Å². The fraction of sp³-hybridized carbons (Fsp3) is 0.533. The Morgan fingerprint density at radius 2 is 1.85 bits per heavy atom. The van der Waals surface area contributed by atoms with E-state index in [4.69, 9.17) is 4.98 Å². The number of hydrogen-bond donors (Lipinski definition) is 1. The first kappa shape index (κ1) is 14.5. The molecule has 0 atom stereocenters. The predicted molar refractivity (Wildman–Crippen MR) is 81.8 cm³/mol. The van der Waals surface area contributed by atoms with Gasteiger partial charge in [0.05, 0.1) is 17.1 Å². The van der Waals surface area contributed by atoms with Crippen molar-refractivity contribution in [2.45, 2.75) is 47.1 Å². The third-order valence-corrected chi connectivity index (χ3v) is 3.24. The molecule has 0 saturated carbocycles. The Hall–Kier alpha value is -1.91. The van der Waals surface area contributed by atoms with Gasteiger partial charge in [0.2, 0.25) is 0 Å². The van der Waals surface area contributed by atoms with Crippen molar-refractivity contribution in [3.63, 3.8) is 0 Å². The molecule has 20 heavy (non-hydrogen) atoms. The van der Waals surface area contributed by atoms with Crippen LogP contribution in [0.4, 0.5) is 5.82 Å². The molecular weight excluding hydrogens is 250 g/mol. The van der Waals surface area contributed by atoms with Crippen LogP contribution in [-0.4, -0.2) is 26.3 Å². The Labute approximate surface area is 120 Å². The number of nitrogens with one attached hydrogen (secondary N) is 1. The van der Waals surface area contributed by atoms with E-state index in [9.17, 15) is 0 Å². The minimum atomic E-state index is 0.854. The lowest BCUT2D eigenvalue weighted by atomic mass is 10.2. The molecule has 108 valence electrons. The second-order valence-electron chi connectivity index (χ2n) is 4.96. The summed E-state index contributed by atoms with van der Waals surface area (Å²) in [5.41, 5.74) is 3.86. The van der Waals surface area contributed by atoms with Crippen molar-refractivity contribution >= 4 is 5.82 Å². The molecule has 2 rings (SSSR count). The number of rotatable bonds is 6. The number of hydrogen-bond acceptors (Lipinski definition) is 4. The number of aryl methyl sites for hydroxylation is 3. The highest BCUT2D eigenvalue weighted by Gasteiger charge is 2.14. The fourth-order valence-electron chi connectivity index (χ4n) is 2.07. The molecule has 1 N–H and O–H groups in total. The van der Waals surface area contributed by atoms with E-state index in [0.29, 0.717) is 0 Å². The van der Waals surface area contributed by atoms with E-state index in [-0.39, 0.29) is 0 Å². The summed E-state index contributed by atoms with van der Waals surface area (Å²) in [6.07, 6.45) is 3.93. The molecule has 0 saturated heterocycles. The van der Waals surface area contributed by atoms with E-state index in [0.717, 1.165) is 54.5 Å². The minimum Gasteiger partial charge on any atom is -0.368 e. The van der Waals surface area contributed by atoms with Gasteiger partial charge >= 0.3 is 0 Å². The average molecular weight is 273 g/mol. The van der Waals surface area contributed by atoms with Gasteiger partial charge in [0.25, 0.3) is 0 Å². The summed E-state index contributed by atoms with van der Waals surface area (Å²) in [7, 11) is 0. The zero-order valence-electron chi connectivity index (χ0n) is 12.8. The normalized spacial score (nSPS) is 10.8. The summed E-state index contributed by atoms with van der Waals surface area (Å²) < 4.78 is 2.00. The molecular formula is C15H23N5. The van der Waals surface area contributed by atoms with Gasteiger partial charge in [0.15, 0.2) is 5.82 Å². The van der Waals surface area contributed by atoms with Crippen LogP contribution < -0.4 is 5.32 Å². The zero-order chi connectivity index (χ0) is 14.5. The van der Waals surface area contributed by atoms with Gasteiger partial charge in [-0.2, -0.15) is 5.10 Å². The van der Waals surface area contributed by atoms with Crippen molar-refractivity contribution in [1.82, 2.24) is 19.7 Å². The van der Waals surface area contributed by atoms with Gasteiger partial charge in [-0.1, -0.05) is 13.8 Å². The monoisotopic (exact) mass is 273 g/mol. The van der Waals surface area contributed by atoms with Crippen LogP contribution in [0.1, 0.15) is 38.1 Å². The van der Waals surface area contributed by atoms with Crippen molar-refractivity contribution < 1.29 is 0 Å². The largest absolute Gasteiger partial charge is 0.368 e. The minimum absolute atomic E-state index is 0.854. The van der Waals surface area contributed by atoms with Crippen LogP contribution in [0, 0.1) is 13.8 Å². The summed E-state index contributed by atoms with van der Waals surface area (Å²) in [5, 5.41) is 7.75. The van der Waals surface area contributed by atoms with Gasteiger partial charge in [-0.3, -0.25) is 4.68 Å². The topological polar surface area (TPSA) is 55.6 Å². The molecule has 0 unspecified atom stereocenters. The molecule has 5 nitrogen and oxygen atoms in total. The Morgan fingerprint density at radius 3 is 2.55 bits per heavy atom. The van der Waals surface area contributed by atoms with Gasteiger partial charge in [0, 0.05) is 19.3 Å². The van der Waals surface area contributed by atoms with E-state index in [1.807, 2.05) is 30.8 Å². The molecule has 0 spiro atoms. The molecule has 5 heteroatoms. The van der Waals surface area contributed by atoms with Gasteiger partial charge in [-0.25, -0.2) is 9.97 Å². The number of aromatic nitrogens is 4. The lowest BCUT2D eigenvalue weighted by Gasteiger charge is -2.13. The molecule has 0 radical (unpaired) electrons. The Kier molecular flexibility index (Phi) is 4.71. The standard InChI is InChI=1S/C15H23N5/c1-5-8-16-15-14(18-11(3)12(4)19-15)13-7-9-17-20(13)10-6-2/h7,9H,5-6,8,10H2,1-4H3,(H,16,19). The summed E-state index contributed by atoms with van der Waals surface area (Å²) >= 11 is 0. The molecule has 0 aromatic carbocycles. The van der Waals surface area contributed by atoms with Crippen molar-refractivity contribution in [1.29, 1.82) is 0 Å². The smallest absolute Gasteiger partial charge is 0.154 e. The summed E-state index contributed by atoms with van der Waals surface area (Å²) in [6, 6.07) is 2.01. The first-order valence-corrected chi connectivity index (χ1v) is 7.28. The second-order valence-corrected chi connectivity index (χ2v) is 4.96. The van der Waals surface area contributed by atoms with Gasteiger partial charge < -0.3 is 5.32 Å². The van der Waals surface area contributed by atoms with Crippen LogP contribution in [0.15, 0.2) is 12.3 Å². The van der Waals surface area contributed by atoms with Crippen LogP contribution in [0.3, 0.4) is 0 Å². The molecule has 0 amide bonds. The fourth-order valence-corrected chi connectivity index (χ4v) is 2.07. The number of nitrogens with zero attached hydrogens (tertiary/aromatic N) is 4. The second kappa shape index (κ2) is 6.50. The Morgan fingerprint density at radius 1 is 1.10 bits per heavy atom. The van der Waals surface area contributed by atoms with Crippen LogP contribution in [-0.2, 0) is 6.54 Å². The van der Waals surface area contributed by atoms with Crippen molar-refractivity contribution in [2.75, 3.05) is 11.9 Å². The van der Waals surface area contributed by atoms with E-state index in [1.54, 1.807) is 0 Å². The Balaban J connectivity index is 2.47. The molecule has 0 aliphatic carbocycles. The lowest BCUT2D eigenvalue weighted by molar-refractivity contribution is 0.607. The maximum atomic E-state index is 4.73. The van der Waals surface area contributed by atoms with Crippen LogP contribution in [0.5, 0.6) is 0 Å². The molecule has 0 aliphatic rings. The third kappa shape index (κ3) is 2.98. The zero-order valence-corrected chi connectivity index (χ0v) is 12.8. The first-order valence-electron chi connectivity index (χ1n) is 7.28. The van der Waals surface area contributed by atoms with Crippen LogP contribution >= 0.6 is 0 Å². The van der Waals surface area contributed by atoms with Gasteiger partial charge in [0.1, 0.15) is 5.69 Å². The highest BCUT2D eigenvalue weighted by molar-refractivity contribution is 5.69. The van der Waals surface area contributed by atoms with Crippen molar-refractivity contribution in [3.8, 4) is 11.4 Å². The van der Waals surface area contributed by atoms with Gasteiger partial charge in [-0.05, 0) is 32.8 Å². The van der Waals surface area contributed by atoms with E-state index in [2.05, 4.69) is 29.2 Å². The van der Waals surface area contributed by atoms with Crippen molar-refractivity contribution in [2.24, 2.45) is 0 Å². The maximum Gasteiger partial charge on any atom is 0.154 e. The molecule has 0 fully saturated rings. The molecule has 0 bridgehead atoms. The number of anilines is 1. The molecule has 2 aromatic rings. The predicted octanol–water partition coefficient (Wildman–Crippen LogP) is 3.19. The molecule has 2 aromatic heterocycles. The van der Waals surface area contributed by atoms with Crippen molar-refractivity contribution in [3.05, 3.63) is 23.7 Å². The van der Waals surface area contributed by atoms with Crippen LogP contribution in [0.2, 0.25) is 0 Å². The summed E-state index contributed by atoms with van der Waals surface area (Å²) in [5.74, 6) is 0.854. The highest BCUT2D eigenvalue weighted by Crippen LogP contribution is 2.25. The SMILES string of the molecule is CCCNc1nc(C)c(C)nc1-c1ccnn1CCC. The summed E-state index contributed by atoms with van der Waals surface area (Å²) in [4.78, 5) is 9.38. The lowest BCUT2D eigenvalue weighted by Crippen LogP contribution is -2.10. The summed E-state index contributed by atoms with van der Waals surface area (Å²) in [6.45, 7) is 10.1. The maximum absolute atomic E-state index is 4.73. The van der Waals surface area contributed by atoms with E-state index < -0.39 is 0 Å². The Bertz CT molecular complexity index is 574. The molecule has 0 aliphatic heterocycles. The van der Waals surface area contributed by atoms with E-state index >= 15 is 0 Å². The molecule has 2 heterocycles. The highest BCUT2D eigenvalue weighted by atomic mass is 15.3. The first-order chi connectivity index (χ1) is 9.67. The third-order valence-electron chi connectivity index (χ3n) is 3.24. The van der Waals surface area contributed by atoms with Crippen LogP contribution in [0.25, 0.3) is 11.4 Å².